The Hall–Kier alpha value is -0.510. The molecule has 0 fully saturated rings. The van der Waals surface area contributed by atoms with Gasteiger partial charge in [-0.15, -0.1) is 0 Å². The lowest BCUT2D eigenvalue weighted by atomic mass is 10.1. The molecule has 0 bridgehead atoms. The first-order valence-corrected chi connectivity index (χ1v) is 7.86. The Bertz CT molecular complexity index is 335. The maximum Gasteiger partial charge on any atom is 0.0313 e. The zero-order valence-corrected chi connectivity index (χ0v) is 13.1. The number of hydrogen-bond donors (Lipinski definition) is 0. The second-order valence-corrected chi connectivity index (χ2v) is 6.10. The molecule has 3 heteroatoms. The van der Waals surface area contributed by atoms with Gasteiger partial charge in [-0.3, -0.25) is 0 Å². The van der Waals surface area contributed by atoms with E-state index in [1.165, 1.54) is 16.9 Å². The van der Waals surface area contributed by atoms with E-state index in [9.17, 15) is 0 Å². The highest BCUT2D eigenvalue weighted by Gasteiger charge is 2.07. The highest BCUT2D eigenvalue weighted by atomic mass is 32.2. The summed E-state index contributed by atoms with van der Waals surface area (Å²) in [7, 11) is 6.43. The van der Waals surface area contributed by atoms with E-state index in [1.54, 1.807) is 0 Å². The molecule has 1 atom stereocenters. The fourth-order valence-electron chi connectivity index (χ4n) is 1.84. The maximum atomic E-state index is 2.38. The Morgan fingerprint density at radius 3 is 2.22 bits per heavy atom. The first-order valence-electron chi connectivity index (χ1n) is 6.47. The van der Waals surface area contributed by atoms with Gasteiger partial charge in [0.25, 0.3) is 0 Å². The predicted molar refractivity (Wildman–Crippen MR) is 83.3 cm³/mol. The molecule has 0 radical (unpaired) electrons. The quantitative estimate of drug-likeness (QED) is 0.749. The summed E-state index contributed by atoms with van der Waals surface area (Å²) in [6, 6.07) is 9.49. The normalized spacial score (nSPS) is 13.3. The van der Waals surface area contributed by atoms with Crippen LogP contribution in [-0.4, -0.2) is 49.5 Å². The van der Waals surface area contributed by atoms with Gasteiger partial charge in [-0.1, -0.05) is 24.3 Å². The van der Waals surface area contributed by atoms with Crippen molar-refractivity contribution in [3.63, 3.8) is 0 Å². The Kier molecular flexibility index (Phi) is 6.76. The molecule has 1 rings (SSSR count). The van der Waals surface area contributed by atoms with E-state index in [-0.39, 0.29) is 0 Å². The highest BCUT2D eigenvalue weighted by Crippen LogP contribution is 2.18. The Morgan fingerprint density at radius 1 is 1.11 bits per heavy atom. The molecule has 0 amide bonds. The SMILES string of the molecule is CSCCN(C)Cc1ccc([C@H](C)N(C)C)cc1. The van der Waals surface area contributed by atoms with Crippen LogP contribution in [0, 0.1) is 0 Å². The molecule has 0 saturated heterocycles. The second-order valence-electron chi connectivity index (χ2n) is 5.11. The molecule has 0 N–H and O–H groups in total. The molecule has 0 aliphatic heterocycles. The van der Waals surface area contributed by atoms with E-state index in [4.69, 9.17) is 0 Å². The molecule has 18 heavy (non-hydrogen) atoms. The van der Waals surface area contributed by atoms with Gasteiger partial charge in [0.1, 0.15) is 0 Å². The van der Waals surface area contributed by atoms with Gasteiger partial charge >= 0.3 is 0 Å². The Balaban J connectivity index is 2.55. The van der Waals surface area contributed by atoms with Gasteiger partial charge in [0.2, 0.25) is 0 Å². The lowest BCUT2D eigenvalue weighted by Crippen LogP contribution is -2.20. The van der Waals surface area contributed by atoms with Crippen LogP contribution < -0.4 is 0 Å². The van der Waals surface area contributed by atoms with Crippen molar-refractivity contribution in [2.75, 3.05) is 39.7 Å². The summed E-state index contributed by atoms with van der Waals surface area (Å²) in [6.45, 7) is 4.42. The minimum absolute atomic E-state index is 0.480. The van der Waals surface area contributed by atoms with Crippen LogP contribution in [0.1, 0.15) is 24.1 Å². The third-order valence-electron chi connectivity index (χ3n) is 3.37. The van der Waals surface area contributed by atoms with Crippen molar-refractivity contribution in [1.82, 2.24) is 9.80 Å². The number of hydrogen-bond acceptors (Lipinski definition) is 3. The fourth-order valence-corrected chi connectivity index (χ4v) is 2.33. The van der Waals surface area contributed by atoms with Crippen LogP contribution in [0.15, 0.2) is 24.3 Å². The molecule has 1 aromatic carbocycles. The van der Waals surface area contributed by atoms with E-state index < -0.39 is 0 Å². The van der Waals surface area contributed by atoms with Gasteiger partial charge in [0.15, 0.2) is 0 Å². The third-order valence-corrected chi connectivity index (χ3v) is 3.96. The smallest absolute Gasteiger partial charge is 0.0313 e. The van der Waals surface area contributed by atoms with Crippen molar-refractivity contribution < 1.29 is 0 Å². The van der Waals surface area contributed by atoms with Crippen molar-refractivity contribution in [3.8, 4) is 0 Å². The standard InChI is InChI=1S/C15H26N2S/c1-13(16(2)3)15-8-6-14(7-9-15)12-17(4)10-11-18-5/h6-9,13H,10-12H2,1-5H3/t13-/m0/s1. The number of nitrogens with zero attached hydrogens (tertiary/aromatic N) is 2. The van der Waals surface area contributed by atoms with E-state index in [0.717, 1.165) is 13.1 Å². The summed E-state index contributed by atoms with van der Waals surface area (Å²) in [4.78, 5) is 4.61. The number of thioether (sulfide) groups is 1. The molecule has 0 saturated carbocycles. The van der Waals surface area contributed by atoms with Crippen LogP contribution in [-0.2, 0) is 6.54 Å². The van der Waals surface area contributed by atoms with Crippen molar-refractivity contribution >= 4 is 11.8 Å². The van der Waals surface area contributed by atoms with E-state index in [0.29, 0.717) is 6.04 Å². The van der Waals surface area contributed by atoms with Gasteiger partial charge in [-0.05, 0) is 45.4 Å². The lowest BCUT2D eigenvalue weighted by molar-refractivity contribution is 0.320. The summed E-state index contributed by atoms with van der Waals surface area (Å²) >= 11 is 1.90. The van der Waals surface area contributed by atoms with Crippen molar-refractivity contribution in [2.24, 2.45) is 0 Å². The van der Waals surface area contributed by atoms with Crippen LogP contribution in [0.4, 0.5) is 0 Å². The zero-order valence-electron chi connectivity index (χ0n) is 12.3. The van der Waals surface area contributed by atoms with Gasteiger partial charge in [0, 0.05) is 24.9 Å². The number of rotatable bonds is 7. The number of benzene rings is 1. The van der Waals surface area contributed by atoms with Crippen LogP contribution in [0.3, 0.4) is 0 Å². The molecule has 0 aliphatic carbocycles. The van der Waals surface area contributed by atoms with Crippen molar-refractivity contribution in [2.45, 2.75) is 19.5 Å². The molecule has 0 aromatic heterocycles. The molecule has 0 aliphatic rings. The van der Waals surface area contributed by atoms with Crippen LogP contribution in [0.25, 0.3) is 0 Å². The summed E-state index contributed by atoms with van der Waals surface area (Å²) in [5.41, 5.74) is 2.78. The Labute approximate surface area is 116 Å². The van der Waals surface area contributed by atoms with E-state index in [2.05, 4.69) is 68.4 Å². The van der Waals surface area contributed by atoms with Gasteiger partial charge < -0.3 is 9.80 Å². The summed E-state index contributed by atoms with van der Waals surface area (Å²) in [5, 5.41) is 0. The first-order chi connectivity index (χ1) is 8.54. The van der Waals surface area contributed by atoms with Crippen molar-refractivity contribution in [3.05, 3.63) is 35.4 Å². The topological polar surface area (TPSA) is 6.48 Å². The average Bonchev–Trinajstić information content (AvgIpc) is 2.36. The van der Waals surface area contributed by atoms with Crippen molar-refractivity contribution in [1.29, 1.82) is 0 Å². The molecule has 2 nitrogen and oxygen atoms in total. The van der Waals surface area contributed by atoms with E-state index in [1.807, 2.05) is 11.8 Å². The minimum atomic E-state index is 0.480. The summed E-state index contributed by atoms with van der Waals surface area (Å²) < 4.78 is 0. The largest absolute Gasteiger partial charge is 0.303 e. The Morgan fingerprint density at radius 2 is 1.72 bits per heavy atom. The molecule has 1 aromatic rings. The molecule has 0 heterocycles. The average molecular weight is 266 g/mol. The van der Waals surface area contributed by atoms with Gasteiger partial charge in [-0.25, -0.2) is 0 Å². The summed E-state index contributed by atoms with van der Waals surface area (Å²) in [5.74, 6) is 1.20. The van der Waals surface area contributed by atoms with E-state index >= 15 is 0 Å². The molecular weight excluding hydrogens is 240 g/mol. The van der Waals surface area contributed by atoms with Crippen LogP contribution >= 0.6 is 11.8 Å². The van der Waals surface area contributed by atoms with Gasteiger partial charge in [-0.2, -0.15) is 11.8 Å². The summed E-state index contributed by atoms with van der Waals surface area (Å²) in [6.07, 6.45) is 2.16. The molecule has 102 valence electrons. The highest BCUT2D eigenvalue weighted by molar-refractivity contribution is 7.98. The zero-order chi connectivity index (χ0) is 13.5. The molecular formula is C15H26N2S. The maximum absolute atomic E-state index is 2.38. The van der Waals surface area contributed by atoms with Gasteiger partial charge in [0.05, 0.1) is 0 Å². The van der Waals surface area contributed by atoms with Crippen LogP contribution in [0.2, 0.25) is 0 Å². The minimum Gasteiger partial charge on any atom is -0.303 e. The predicted octanol–water partition coefficient (Wildman–Crippen LogP) is 3.10. The fraction of sp³-hybridized carbons (Fsp3) is 0.600. The van der Waals surface area contributed by atoms with Crippen LogP contribution in [0.5, 0.6) is 0 Å². The molecule has 0 unspecified atom stereocenters. The monoisotopic (exact) mass is 266 g/mol. The third kappa shape index (κ3) is 5.01. The second kappa shape index (κ2) is 7.82. The first kappa shape index (κ1) is 15.5. The molecule has 0 spiro atoms. The lowest BCUT2D eigenvalue weighted by Gasteiger charge is -2.21.